The summed E-state index contributed by atoms with van der Waals surface area (Å²) >= 11 is 3.01. The molecule has 0 bridgehead atoms. The van der Waals surface area contributed by atoms with Gasteiger partial charge in [0, 0.05) is 22.0 Å². The van der Waals surface area contributed by atoms with Crippen molar-refractivity contribution in [3.63, 3.8) is 0 Å². The van der Waals surface area contributed by atoms with E-state index in [-0.39, 0.29) is 17.5 Å². The Hall–Kier alpha value is -0.510. The molecule has 0 aliphatic heterocycles. The van der Waals surface area contributed by atoms with E-state index in [1.165, 1.54) is 12.1 Å². The number of rotatable bonds is 0. The summed E-state index contributed by atoms with van der Waals surface area (Å²) in [5.74, 6) is -3.84. The second kappa shape index (κ2) is 2.99. The molecule has 0 aromatic heterocycles. The van der Waals surface area contributed by atoms with Crippen LogP contribution in [0.1, 0.15) is 30.4 Å². The monoisotopic (exact) mass is 264 g/mol. The van der Waals surface area contributed by atoms with Crippen LogP contribution in [0.25, 0.3) is 0 Å². The minimum Gasteiger partial charge on any atom is -0.207 e. The number of benzene rings is 1. The zero-order valence-corrected chi connectivity index (χ0v) is 9.04. The summed E-state index contributed by atoms with van der Waals surface area (Å²) < 4.78 is 40.5. The van der Waals surface area contributed by atoms with Gasteiger partial charge in [-0.25, -0.2) is 13.2 Å². The lowest BCUT2D eigenvalue weighted by Crippen LogP contribution is -2.07. The number of halogens is 4. The Morgan fingerprint density at radius 1 is 1.43 bits per heavy atom. The second-order valence-corrected chi connectivity index (χ2v) is 4.57. The molecule has 1 unspecified atom stereocenters. The van der Waals surface area contributed by atoms with Gasteiger partial charge in [0.25, 0.3) is 5.92 Å². The maximum Gasteiger partial charge on any atom is 0.274 e. The van der Waals surface area contributed by atoms with Crippen molar-refractivity contribution in [3.05, 3.63) is 33.5 Å². The Morgan fingerprint density at radius 3 is 2.71 bits per heavy atom. The third-order valence-electron chi connectivity index (χ3n) is 2.54. The van der Waals surface area contributed by atoms with Crippen molar-refractivity contribution in [2.75, 3.05) is 0 Å². The van der Waals surface area contributed by atoms with Crippen LogP contribution >= 0.6 is 15.9 Å². The van der Waals surface area contributed by atoms with Gasteiger partial charge < -0.3 is 0 Å². The molecule has 0 saturated heterocycles. The van der Waals surface area contributed by atoms with Crippen molar-refractivity contribution in [1.82, 2.24) is 0 Å². The minimum absolute atomic E-state index is 0.165. The van der Waals surface area contributed by atoms with Crippen molar-refractivity contribution in [2.45, 2.75) is 25.2 Å². The largest absolute Gasteiger partial charge is 0.274 e. The molecule has 0 fully saturated rings. The molecule has 1 atom stereocenters. The first-order valence-electron chi connectivity index (χ1n) is 4.29. The molecule has 0 amide bonds. The van der Waals surface area contributed by atoms with E-state index < -0.39 is 17.7 Å². The molecule has 2 rings (SSSR count). The van der Waals surface area contributed by atoms with Gasteiger partial charge in [-0.1, -0.05) is 22.9 Å². The van der Waals surface area contributed by atoms with E-state index in [0.717, 1.165) is 0 Å². The maximum atomic E-state index is 13.4. The molecule has 1 aromatic carbocycles. The first-order valence-corrected chi connectivity index (χ1v) is 5.08. The van der Waals surface area contributed by atoms with Crippen molar-refractivity contribution < 1.29 is 13.2 Å². The lowest BCUT2D eigenvalue weighted by Gasteiger charge is -2.09. The molecule has 0 saturated carbocycles. The van der Waals surface area contributed by atoms with Gasteiger partial charge in [-0.15, -0.1) is 0 Å². The summed E-state index contributed by atoms with van der Waals surface area (Å²) in [5, 5.41) is 0. The van der Waals surface area contributed by atoms with Crippen molar-refractivity contribution >= 4 is 15.9 Å². The fourth-order valence-electron chi connectivity index (χ4n) is 1.98. The Labute approximate surface area is 88.2 Å². The van der Waals surface area contributed by atoms with E-state index in [9.17, 15) is 13.2 Å². The summed E-state index contributed by atoms with van der Waals surface area (Å²) in [5.41, 5.74) is -0.00456. The van der Waals surface area contributed by atoms with Gasteiger partial charge >= 0.3 is 0 Å². The van der Waals surface area contributed by atoms with Gasteiger partial charge in [-0.05, 0) is 18.1 Å². The molecule has 0 N–H and O–H groups in total. The van der Waals surface area contributed by atoms with E-state index in [1.54, 1.807) is 6.92 Å². The zero-order chi connectivity index (χ0) is 10.5. The molecule has 1 aliphatic carbocycles. The van der Waals surface area contributed by atoms with Crippen LogP contribution in [0.3, 0.4) is 0 Å². The Kier molecular flexibility index (Phi) is 2.14. The molecular weight excluding hydrogens is 257 g/mol. The molecule has 1 aromatic rings. The van der Waals surface area contributed by atoms with Gasteiger partial charge in [-0.2, -0.15) is 0 Å². The lowest BCUT2D eigenvalue weighted by atomic mass is 10.0. The predicted molar refractivity (Wildman–Crippen MR) is 51.0 cm³/mol. The van der Waals surface area contributed by atoms with Crippen LogP contribution in [0.5, 0.6) is 0 Å². The van der Waals surface area contributed by atoms with Gasteiger partial charge in [0.1, 0.15) is 5.82 Å². The number of hydrogen-bond donors (Lipinski definition) is 0. The number of hydrogen-bond acceptors (Lipinski definition) is 0. The Balaban J connectivity index is 2.69. The molecule has 0 nitrogen and oxygen atoms in total. The highest BCUT2D eigenvalue weighted by Crippen LogP contribution is 2.49. The Bertz CT molecular complexity index is 387. The van der Waals surface area contributed by atoms with Crippen LogP contribution in [0, 0.1) is 5.82 Å². The summed E-state index contributed by atoms with van der Waals surface area (Å²) in [6.07, 6.45) is -0.296. The third kappa shape index (κ3) is 1.36. The zero-order valence-electron chi connectivity index (χ0n) is 7.45. The normalized spacial score (nSPS) is 23.6. The quantitative estimate of drug-likeness (QED) is 0.659. The third-order valence-corrected chi connectivity index (χ3v) is 3.00. The molecular formula is C10H8BrF3. The Morgan fingerprint density at radius 2 is 2.07 bits per heavy atom. The molecule has 0 heterocycles. The highest BCUT2D eigenvalue weighted by molar-refractivity contribution is 9.10. The molecule has 14 heavy (non-hydrogen) atoms. The standard InChI is InChI=1S/C10H8BrF3/c1-5-4-10(13,14)7-2-6(11)3-8(12)9(5)7/h2-3,5H,4H2,1H3. The lowest BCUT2D eigenvalue weighted by molar-refractivity contribution is -0.00580. The van der Waals surface area contributed by atoms with Crippen LogP contribution in [0.2, 0.25) is 0 Å². The fraction of sp³-hybridized carbons (Fsp3) is 0.400. The van der Waals surface area contributed by atoms with Gasteiger partial charge in [-0.3, -0.25) is 0 Å². The minimum atomic E-state index is -2.89. The SMILES string of the molecule is CC1CC(F)(F)c2cc(Br)cc(F)c21. The summed E-state index contributed by atoms with van der Waals surface area (Å²) in [4.78, 5) is 0. The van der Waals surface area contributed by atoms with E-state index in [4.69, 9.17) is 0 Å². The molecule has 1 aliphatic rings. The first-order chi connectivity index (χ1) is 6.42. The predicted octanol–water partition coefficient (Wildman–Crippen LogP) is 4.19. The van der Waals surface area contributed by atoms with Crippen LogP contribution in [0.15, 0.2) is 16.6 Å². The molecule has 0 spiro atoms. The molecule has 4 heteroatoms. The van der Waals surface area contributed by atoms with Gasteiger partial charge in [0.15, 0.2) is 0 Å². The summed E-state index contributed by atoms with van der Waals surface area (Å²) in [6.45, 7) is 1.62. The second-order valence-electron chi connectivity index (χ2n) is 3.66. The van der Waals surface area contributed by atoms with Crippen LogP contribution in [-0.2, 0) is 5.92 Å². The summed E-state index contributed by atoms with van der Waals surface area (Å²) in [7, 11) is 0. The average Bonchev–Trinajstić information content (AvgIpc) is 2.21. The topological polar surface area (TPSA) is 0 Å². The van der Waals surface area contributed by atoms with E-state index in [1.807, 2.05) is 0 Å². The van der Waals surface area contributed by atoms with Crippen LogP contribution in [-0.4, -0.2) is 0 Å². The van der Waals surface area contributed by atoms with Crippen molar-refractivity contribution in [1.29, 1.82) is 0 Å². The maximum absolute atomic E-state index is 13.4. The van der Waals surface area contributed by atoms with Crippen LogP contribution < -0.4 is 0 Å². The summed E-state index contributed by atoms with van der Waals surface area (Å²) in [6, 6.07) is 2.54. The van der Waals surface area contributed by atoms with Gasteiger partial charge in [0.2, 0.25) is 0 Å². The van der Waals surface area contributed by atoms with Crippen molar-refractivity contribution in [2.24, 2.45) is 0 Å². The number of fused-ring (bicyclic) bond motifs is 1. The molecule has 76 valence electrons. The number of alkyl halides is 2. The van der Waals surface area contributed by atoms with E-state index in [0.29, 0.717) is 4.47 Å². The first kappa shape index (κ1) is 10.0. The smallest absolute Gasteiger partial charge is 0.207 e. The van der Waals surface area contributed by atoms with Crippen LogP contribution in [0.4, 0.5) is 13.2 Å². The van der Waals surface area contributed by atoms with E-state index in [2.05, 4.69) is 15.9 Å². The fourth-order valence-corrected chi connectivity index (χ4v) is 2.41. The highest BCUT2D eigenvalue weighted by atomic mass is 79.9. The average molecular weight is 265 g/mol. The van der Waals surface area contributed by atoms with Crippen molar-refractivity contribution in [3.8, 4) is 0 Å². The van der Waals surface area contributed by atoms with E-state index >= 15 is 0 Å². The van der Waals surface area contributed by atoms with Gasteiger partial charge in [0.05, 0.1) is 0 Å². The molecule has 0 radical (unpaired) electrons. The highest BCUT2D eigenvalue weighted by Gasteiger charge is 2.44.